The molecule has 0 aliphatic carbocycles. The number of amides is 3. The van der Waals surface area contributed by atoms with Crippen LogP contribution in [-0.4, -0.2) is 106 Å². The first-order valence-corrected chi connectivity index (χ1v) is 21.6. The average molecular weight is 932 g/mol. The van der Waals surface area contributed by atoms with E-state index in [-0.39, 0.29) is 35.8 Å². The fraction of sp³-hybridized carbons (Fsp3) is 0.500. The Balaban J connectivity index is 2.25. The van der Waals surface area contributed by atoms with Crippen LogP contribution in [0.25, 0.3) is 4.85 Å². The number of anilines is 2. The molecule has 0 fully saturated rings. The summed E-state index contributed by atoms with van der Waals surface area (Å²) in [6.45, 7) is 22.0. The Morgan fingerprint density at radius 1 is 0.866 bits per heavy atom. The maximum absolute atomic E-state index is 14.6. The Morgan fingerprint density at radius 3 is 1.96 bits per heavy atom. The molecule has 21 heteroatoms. The topological polar surface area (TPSA) is 296 Å². The molecular weight excluding hydrogens is 871 g/mol. The standard InChI is InChI=1S/C46H61N9O12/c1-12-54(13-2)31-22-29(50-26(5)56)30(23-32(31)67-11)51-52-39-37(47-9)38(46(6,7)8)53-55(39)20-19-49-41(58)34(28(43(61)62)21-24(3)27-17-15-14-16-18-27)36(45(65)66)35(40(57)48-10)33(44(63)64)25(4)42(59)60/h14-18,22-25,28,33-36H,12-13,19-21H2,1-8,10-11H3,(H,48,57)(H,49,58)(H,50,56)(H,59,60)(H,61,62)(H,63,64)(H,65,66). The van der Waals surface area contributed by atoms with Crippen LogP contribution in [0.3, 0.4) is 0 Å². The van der Waals surface area contributed by atoms with Crippen molar-refractivity contribution in [3.63, 3.8) is 0 Å². The van der Waals surface area contributed by atoms with Crippen LogP contribution in [0.1, 0.15) is 79.0 Å². The van der Waals surface area contributed by atoms with Crippen LogP contribution in [0, 0.1) is 42.1 Å². The third-order valence-electron chi connectivity index (χ3n) is 11.5. The van der Waals surface area contributed by atoms with Crippen LogP contribution < -0.4 is 25.6 Å². The molecule has 7 atom stereocenters. The summed E-state index contributed by atoms with van der Waals surface area (Å²) < 4.78 is 6.94. The van der Waals surface area contributed by atoms with Gasteiger partial charge in [-0.2, -0.15) is 5.10 Å². The molecule has 0 bridgehead atoms. The summed E-state index contributed by atoms with van der Waals surface area (Å²) in [6, 6.07) is 11.8. The van der Waals surface area contributed by atoms with Gasteiger partial charge in [-0.05, 0) is 43.2 Å². The van der Waals surface area contributed by atoms with Gasteiger partial charge in [0.05, 0.1) is 72.8 Å². The first-order valence-electron chi connectivity index (χ1n) is 21.6. The number of aliphatic carboxylic acids is 4. The molecule has 0 saturated carbocycles. The highest BCUT2D eigenvalue weighted by Gasteiger charge is 2.54. The molecule has 1 aromatic heterocycles. The van der Waals surface area contributed by atoms with E-state index in [4.69, 9.17) is 11.3 Å². The van der Waals surface area contributed by atoms with Crippen molar-refractivity contribution in [3.8, 4) is 5.75 Å². The Labute approximate surface area is 388 Å². The largest absolute Gasteiger partial charge is 0.494 e. The van der Waals surface area contributed by atoms with E-state index in [9.17, 15) is 54.0 Å². The number of nitrogens with zero attached hydrogens (tertiary/aromatic N) is 6. The van der Waals surface area contributed by atoms with Gasteiger partial charge in [0, 0.05) is 39.7 Å². The van der Waals surface area contributed by atoms with Crippen molar-refractivity contribution >= 4 is 70.2 Å². The van der Waals surface area contributed by atoms with Gasteiger partial charge in [0.2, 0.25) is 17.7 Å². The van der Waals surface area contributed by atoms with E-state index in [1.54, 1.807) is 70.2 Å². The summed E-state index contributed by atoms with van der Waals surface area (Å²) in [6.07, 6.45) is -0.359. The number of benzene rings is 2. The van der Waals surface area contributed by atoms with Gasteiger partial charge in [0.1, 0.15) is 11.4 Å². The summed E-state index contributed by atoms with van der Waals surface area (Å²) in [5.41, 5.74) is 1.31. The Morgan fingerprint density at radius 2 is 1.48 bits per heavy atom. The quantitative estimate of drug-likeness (QED) is 0.0396. The normalized spacial score (nSPS) is 14.6. The smallest absolute Gasteiger partial charge is 0.308 e. The fourth-order valence-electron chi connectivity index (χ4n) is 8.09. The summed E-state index contributed by atoms with van der Waals surface area (Å²) in [4.78, 5) is 98.0. The van der Waals surface area contributed by atoms with Gasteiger partial charge < -0.3 is 46.0 Å². The molecule has 0 aliphatic heterocycles. The predicted octanol–water partition coefficient (Wildman–Crippen LogP) is 6.07. The number of rotatable bonds is 24. The molecule has 3 amide bonds. The van der Waals surface area contributed by atoms with Crippen LogP contribution in [-0.2, 0) is 45.5 Å². The minimum absolute atomic E-state index is 0.000668. The van der Waals surface area contributed by atoms with Gasteiger partial charge in [0.15, 0.2) is 5.82 Å². The molecule has 0 aliphatic rings. The second-order valence-electron chi connectivity index (χ2n) is 17.0. The lowest BCUT2D eigenvalue weighted by molar-refractivity contribution is -0.168. The molecule has 7 N–H and O–H groups in total. The van der Waals surface area contributed by atoms with Gasteiger partial charge in [0.25, 0.3) is 5.69 Å². The van der Waals surface area contributed by atoms with Crippen molar-refractivity contribution in [3.05, 3.63) is 65.1 Å². The monoisotopic (exact) mass is 931 g/mol. The van der Waals surface area contributed by atoms with Crippen molar-refractivity contribution < 1.29 is 58.7 Å². The first-order chi connectivity index (χ1) is 31.5. The van der Waals surface area contributed by atoms with Gasteiger partial charge in [-0.15, -0.1) is 10.2 Å². The molecule has 1 heterocycles. The van der Waals surface area contributed by atoms with Crippen molar-refractivity contribution in [1.29, 1.82) is 0 Å². The zero-order valence-corrected chi connectivity index (χ0v) is 39.4. The van der Waals surface area contributed by atoms with Crippen molar-refractivity contribution in [1.82, 2.24) is 20.4 Å². The second-order valence-corrected chi connectivity index (χ2v) is 17.0. The Hall–Kier alpha value is -7.37. The molecule has 362 valence electrons. The Bertz CT molecular complexity index is 2370. The number of aromatic nitrogens is 2. The number of nitrogens with one attached hydrogen (secondary N) is 3. The molecular formula is C46H61N9O12. The summed E-state index contributed by atoms with van der Waals surface area (Å²) in [7, 11) is 2.55. The van der Waals surface area contributed by atoms with Crippen LogP contribution in [0.15, 0.2) is 52.7 Å². The lowest BCUT2D eigenvalue weighted by Gasteiger charge is -2.36. The van der Waals surface area contributed by atoms with Crippen molar-refractivity contribution in [2.45, 2.75) is 79.7 Å². The molecule has 0 saturated heterocycles. The van der Waals surface area contributed by atoms with E-state index < -0.39 is 95.0 Å². The summed E-state index contributed by atoms with van der Waals surface area (Å²) >= 11 is 0. The molecule has 21 nitrogen and oxygen atoms in total. The lowest BCUT2D eigenvalue weighted by atomic mass is 9.65. The average Bonchev–Trinajstić information content (AvgIpc) is 3.64. The van der Waals surface area contributed by atoms with Gasteiger partial charge in [-0.25, -0.2) is 4.85 Å². The lowest BCUT2D eigenvalue weighted by Crippen LogP contribution is -2.54. The maximum Gasteiger partial charge on any atom is 0.308 e. The third kappa shape index (κ3) is 13.1. The van der Waals surface area contributed by atoms with E-state index in [0.29, 0.717) is 35.8 Å². The molecule has 3 aromatic rings. The fourth-order valence-corrected chi connectivity index (χ4v) is 8.09. The number of carbonyl (C=O) groups is 7. The van der Waals surface area contributed by atoms with Crippen LogP contribution in [0.5, 0.6) is 5.75 Å². The van der Waals surface area contributed by atoms with E-state index in [1.807, 2.05) is 18.7 Å². The molecule has 0 spiro atoms. The van der Waals surface area contributed by atoms with E-state index in [1.165, 1.54) is 18.7 Å². The highest BCUT2D eigenvalue weighted by Crippen LogP contribution is 2.44. The number of azo groups is 1. The van der Waals surface area contributed by atoms with Crippen molar-refractivity contribution in [2.75, 3.05) is 44.0 Å². The maximum atomic E-state index is 14.6. The third-order valence-corrected chi connectivity index (χ3v) is 11.5. The number of hydrogen-bond donors (Lipinski definition) is 7. The zero-order valence-electron chi connectivity index (χ0n) is 39.4. The number of carboxylic acid groups (broad SMARTS) is 4. The summed E-state index contributed by atoms with van der Waals surface area (Å²) in [5, 5.41) is 62.8. The number of carbonyl (C=O) groups excluding carboxylic acids is 3. The number of ether oxygens (including phenoxy) is 1. The molecule has 0 radical (unpaired) electrons. The first kappa shape index (κ1) is 54.0. The predicted molar refractivity (Wildman–Crippen MR) is 246 cm³/mol. The van der Waals surface area contributed by atoms with Crippen molar-refractivity contribution in [2.24, 2.45) is 45.7 Å². The molecule has 7 unspecified atom stereocenters. The Kier molecular flexibility index (Phi) is 19.1. The molecule has 3 rings (SSSR count). The zero-order chi connectivity index (χ0) is 50.5. The minimum Gasteiger partial charge on any atom is -0.494 e. The van der Waals surface area contributed by atoms with Crippen LogP contribution >= 0.6 is 0 Å². The van der Waals surface area contributed by atoms with Gasteiger partial charge >= 0.3 is 23.9 Å². The molecule has 2 aromatic carbocycles. The minimum atomic E-state index is -2.38. The van der Waals surface area contributed by atoms with Crippen LogP contribution in [0.4, 0.5) is 28.6 Å². The molecule has 67 heavy (non-hydrogen) atoms. The number of methoxy groups -OCH3 is 1. The number of hydrogen-bond acceptors (Lipinski definition) is 12. The second kappa shape index (κ2) is 23.7. The highest BCUT2D eigenvalue weighted by atomic mass is 16.5. The van der Waals surface area contributed by atoms with Gasteiger partial charge in [-0.3, -0.25) is 38.2 Å². The number of carboxylic acids is 4. The van der Waals surface area contributed by atoms with E-state index >= 15 is 0 Å². The van der Waals surface area contributed by atoms with Crippen LogP contribution in [0.2, 0.25) is 0 Å². The van der Waals surface area contributed by atoms with Gasteiger partial charge in [-0.1, -0.05) is 65.0 Å². The summed E-state index contributed by atoms with van der Waals surface area (Å²) in [5.74, 6) is -22.9. The van der Waals surface area contributed by atoms with E-state index in [0.717, 1.165) is 14.0 Å². The SMILES string of the molecule is [C-]#[N+]c1c(C(C)(C)C)nn(CCNC(=O)C(C(CC(C)c2ccccc2)C(=O)O)C(C(=O)O)C(C(=O)NC)C(C(=O)O)C(C)C(=O)O)c1N=Nc1cc(OC)c(N(CC)CC)cc1NC(C)=O. The highest BCUT2D eigenvalue weighted by molar-refractivity contribution is 5.96. The van der Waals surface area contributed by atoms with E-state index in [2.05, 4.69) is 36.1 Å².